The highest BCUT2D eigenvalue weighted by Crippen LogP contribution is 2.25. The van der Waals surface area contributed by atoms with Crippen molar-refractivity contribution < 1.29 is 9.90 Å². The van der Waals surface area contributed by atoms with Gasteiger partial charge in [0.1, 0.15) is 0 Å². The summed E-state index contributed by atoms with van der Waals surface area (Å²) in [6.45, 7) is 1.94. The first-order chi connectivity index (χ1) is 8.56. The fourth-order valence-corrected chi connectivity index (χ4v) is 2.10. The lowest BCUT2D eigenvalue weighted by Crippen LogP contribution is -1.97. The Morgan fingerprint density at radius 3 is 3.06 bits per heavy atom. The molecule has 0 aliphatic carbocycles. The molecule has 0 aliphatic rings. The minimum Gasteiger partial charge on any atom is -0.481 e. The summed E-state index contributed by atoms with van der Waals surface area (Å²) in [6, 6.07) is 5.49. The zero-order valence-corrected chi connectivity index (χ0v) is 11.0. The molecule has 0 saturated carbocycles. The van der Waals surface area contributed by atoms with Crippen molar-refractivity contribution in [2.24, 2.45) is 0 Å². The van der Waals surface area contributed by atoms with Crippen LogP contribution in [0, 0.1) is 6.92 Å². The normalized spacial score (nSPS) is 10.6. The number of carbonyl (C=O) groups is 1. The van der Waals surface area contributed by atoms with E-state index in [1.165, 1.54) is 0 Å². The molecule has 2 N–H and O–H groups in total. The topological polar surface area (TPSA) is 78.9 Å². The number of aliphatic carboxylic acids is 1. The van der Waals surface area contributed by atoms with Crippen LogP contribution in [0.5, 0.6) is 0 Å². The van der Waals surface area contributed by atoms with Crippen molar-refractivity contribution in [2.75, 3.05) is 5.75 Å². The van der Waals surface area contributed by atoms with E-state index in [1.807, 2.05) is 13.0 Å². The van der Waals surface area contributed by atoms with E-state index < -0.39 is 5.97 Å². The Kier molecular flexibility index (Phi) is 3.88. The Morgan fingerprint density at radius 1 is 1.56 bits per heavy atom. The summed E-state index contributed by atoms with van der Waals surface area (Å²) in [5, 5.41) is 16.3. The molecule has 1 aromatic carbocycles. The predicted molar refractivity (Wildman–Crippen MR) is 69.9 cm³/mol. The maximum absolute atomic E-state index is 10.4. The number of H-pyrrole nitrogens is 1. The molecule has 0 fully saturated rings. The lowest BCUT2D eigenvalue weighted by Gasteiger charge is -2.01. The Morgan fingerprint density at radius 2 is 2.33 bits per heavy atom. The van der Waals surface area contributed by atoms with Gasteiger partial charge >= 0.3 is 5.97 Å². The monoisotopic (exact) mass is 283 g/mol. The smallest absolute Gasteiger partial charge is 0.313 e. The first-order valence-corrected chi connectivity index (χ1v) is 6.46. The van der Waals surface area contributed by atoms with Crippen LogP contribution in [0.4, 0.5) is 0 Å². The Balaban J connectivity index is 2.23. The van der Waals surface area contributed by atoms with Gasteiger partial charge in [0.05, 0.1) is 5.75 Å². The van der Waals surface area contributed by atoms with Crippen LogP contribution in [0.3, 0.4) is 0 Å². The Labute approximate surface area is 113 Å². The summed E-state index contributed by atoms with van der Waals surface area (Å²) >= 11 is 7.00. The second-order valence-corrected chi connectivity index (χ2v) is 4.99. The second-order valence-electron chi connectivity index (χ2n) is 3.61. The van der Waals surface area contributed by atoms with Crippen LogP contribution >= 0.6 is 23.4 Å². The van der Waals surface area contributed by atoms with Gasteiger partial charge in [-0.3, -0.25) is 9.89 Å². The SMILES string of the molecule is Cc1ccc(Cl)cc1-c1nc(SCC(=O)O)n[nH]1. The Bertz CT molecular complexity index is 585. The first kappa shape index (κ1) is 12.9. The molecule has 1 aromatic heterocycles. The van der Waals surface area contributed by atoms with Crippen molar-refractivity contribution in [3.63, 3.8) is 0 Å². The zero-order chi connectivity index (χ0) is 13.1. The highest BCUT2D eigenvalue weighted by Gasteiger charge is 2.10. The molecule has 2 rings (SSSR count). The second kappa shape index (κ2) is 5.41. The van der Waals surface area contributed by atoms with Gasteiger partial charge in [-0.25, -0.2) is 4.98 Å². The lowest BCUT2D eigenvalue weighted by atomic mass is 10.1. The molecule has 7 heteroatoms. The van der Waals surface area contributed by atoms with E-state index in [1.54, 1.807) is 12.1 Å². The third-order valence-corrected chi connectivity index (χ3v) is 3.31. The molecule has 94 valence electrons. The van der Waals surface area contributed by atoms with Crippen LogP contribution in [0.1, 0.15) is 5.56 Å². The van der Waals surface area contributed by atoms with Crippen molar-refractivity contribution >= 4 is 29.3 Å². The number of aryl methyl sites for hydroxylation is 1. The number of halogens is 1. The van der Waals surface area contributed by atoms with Gasteiger partial charge < -0.3 is 5.11 Å². The molecular formula is C11H10ClN3O2S. The van der Waals surface area contributed by atoms with Crippen LogP contribution in [0.15, 0.2) is 23.4 Å². The number of hydrogen-bond donors (Lipinski definition) is 2. The van der Waals surface area contributed by atoms with E-state index in [4.69, 9.17) is 16.7 Å². The number of hydrogen-bond acceptors (Lipinski definition) is 4. The van der Waals surface area contributed by atoms with E-state index in [-0.39, 0.29) is 5.75 Å². The molecule has 0 atom stereocenters. The highest BCUT2D eigenvalue weighted by atomic mass is 35.5. The number of aromatic amines is 1. The summed E-state index contributed by atoms with van der Waals surface area (Å²) in [4.78, 5) is 14.7. The summed E-state index contributed by atoms with van der Waals surface area (Å²) in [7, 11) is 0. The fourth-order valence-electron chi connectivity index (χ4n) is 1.41. The van der Waals surface area contributed by atoms with E-state index >= 15 is 0 Å². The molecule has 5 nitrogen and oxygen atoms in total. The van der Waals surface area contributed by atoms with E-state index in [0.29, 0.717) is 16.0 Å². The van der Waals surface area contributed by atoms with Gasteiger partial charge in [0, 0.05) is 10.6 Å². The van der Waals surface area contributed by atoms with Crippen LogP contribution in [-0.4, -0.2) is 32.0 Å². The quantitative estimate of drug-likeness (QED) is 0.843. The molecule has 0 aliphatic heterocycles. The number of aromatic nitrogens is 3. The zero-order valence-electron chi connectivity index (χ0n) is 9.48. The van der Waals surface area contributed by atoms with E-state index in [2.05, 4.69) is 15.2 Å². The number of benzene rings is 1. The van der Waals surface area contributed by atoms with Crippen molar-refractivity contribution in [1.29, 1.82) is 0 Å². The maximum Gasteiger partial charge on any atom is 0.313 e. The van der Waals surface area contributed by atoms with Crippen molar-refractivity contribution in [1.82, 2.24) is 15.2 Å². The standard InChI is InChI=1S/C11H10ClN3O2S/c1-6-2-3-7(12)4-8(6)10-13-11(15-14-10)18-5-9(16)17/h2-4H,5H2,1H3,(H,16,17)(H,13,14,15). The van der Waals surface area contributed by atoms with Gasteiger partial charge in [0.2, 0.25) is 5.16 Å². The summed E-state index contributed by atoms with van der Waals surface area (Å²) in [6.07, 6.45) is 0. The van der Waals surface area contributed by atoms with Crippen molar-refractivity contribution in [3.05, 3.63) is 28.8 Å². The largest absolute Gasteiger partial charge is 0.481 e. The van der Waals surface area contributed by atoms with Gasteiger partial charge in [-0.2, -0.15) is 0 Å². The predicted octanol–water partition coefficient (Wildman–Crippen LogP) is 2.61. The van der Waals surface area contributed by atoms with Gasteiger partial charge in [-0.05, 0) is 24.6 Å². The fraction of sp³-hybridized carbons (Fsp3) is 0.182. The maximum atomic E-state index is 10.4. The molecule has 0 amide bonds. The first-order valence-electron chi connectivity index (χ1n) is 5.10. The lowest BCUT2D eigenvalue weighted by molar-refractivity contribution is -0.133. The van der Waals surface area contributed by atoms with Gasteiger partial charge in [-0.1, -0.05) is 29.4 Å². The molecule has 0 spiro atoms. The van der Waals surface area contributed by atoms with E-state index in [0.717, 1.165) is 22.9 Å². The van der Waals surface area contributed by atoms with Crippen LogP contribution in [-0.2, 0) is 4.79 Å². The van der Waals surface area contributed by atoms with Gasteiger partial charge in [0.25, 0.3) is 0 Å². The molecule has 0 bridgehead atoms. The average molecular weight is 284 g/mol. The van der Waals surface area contributed by atoms with Crippen LogP contribution in [0.25, 0.3) is 11.4 Å². The number of carboxylic acids is 1. The molecule has 18 heavy (non-hydrogen) atoms. The van der Waals surface area contributed by atoms with Crippen molar-refractivity contribution in [3.8, 4) is 11.4 Å². The Hall–Kier alpha value is -1.53. The molecular weight excluding hydrogens is 274 g/mol. The number of carboxylic acid groups (broad SMARTS) is 1. The van der Waals surface area contributed by atoms with Crippen LogP contribution < -0.4 is 0 Å². The third kappa shape index (κ3) is 3.02. The van der Waals surface area contributed by atoms with Gasteiger partial charge in [-0.15, -0.1) is 5.10 Å². The van der Waals surface area contributed by atoms with Crippen LogP contribution in [0.2, 0.25) is 5.02 Å². The summed E-state index contributed by atoms with van der Waals surface area (Å²) in [5.41, 5.74) is 1.88. The van der Waals surface area contributed by atoms with Crippen molar-refractivity contribution in [2.45, 2.75) is 12.1 Å². The number of nitrogens with one attached hydrogen (secondary N) is 1. The molecule has 1 heterocycles. The molecule has 0 saturated heterocycles. The highest BCUT2D eigenvalue weighted by molar-refractivity contribution is 7.99. The number of nitrogens with zero attached hydrogens (tertiary/aromatic N) is 2. The summed E-state index contributed by atoms with van der Waals surface area (Å²) in [5.74, 6) is -0.376. The summed E-state index contributed by atoms with van der Waals surface area (Å²) < 4.78 is 0. The third-order valence-electron chi connectivity index (χ3n) is 2.24. The molecule has 0 unspecified atom stereocenters. The number of thioether (sulfide) groups is 1. The molecule has 0 radical (unpaired) electrons. The van der Waals surface area contributed by atoms with E-state index in [9.17, 15) is 4.79 Å². The average Bonchev–Trinajstić information content (AvgIpc) is 2.78. The van der Waals surface area contributed by atoms with Gasteiger partial charge in [0.15, 0.2) is 5.82 Å². The minimum atomic E-state index is -0.898. The minimum absolute atomic E-state index is 0.0637. The molecule has 2 aromatic rings. The number of rotatable bonds is 4.